The molecular formula is C8H7ClN2OS. The van der Waals surface area contributed by atoms with Crippen molar-refractivity contribution in [3.05, 3.63) is 32.9 Å². The van der Waals surface area contributed by atoms with Gasteiger partial charge < -0.3 is 0 Å². The van der Waals surface area contributed by atoms with Crippen LogP contribution in [0.4, 0.5) is 0 Å². The fourth-order valence-corrected chi connectivity index (χ4v) is 2.08. The SMILES string of the molecule is Cn1[nH]c(-c2ccc(Cl)s2)cc1=O. The van der Waals surface area contributed by atoms with Crippen LogP contribution in [0, 0.1) is 0 Å². The summed E-state index contributed by atoms with van der Waals surface area (Å²) < 4.78 is 2.16. The van der Waals surface area contributed by atoms with E-state index in [1.165, 1.54) is 16.0 Å². The first-order valence-corrected chi connectivity index (χ1v) is 4.88. The van der Waals surface area contributed by atoms with Crippen molar-refractivity contribution >= 4 is 22.9 Å². The molecule has 0 saturated carbocycles. The van der Waals surface area contributed by atoms with Crippen LogP contribution in [0.25, 0.3) is 10.6 Å². The number of thiophene rings is 1. The third-order valence-electron chi connectivity index (χ3n) is 1.73. The van der Waals surface area contributed by atoms with E-state index in [2.05, 4.69) is 5.10 Å². The topological polar surface area (TPSA) is 37.8 Å². The van der Waals surface area contributed by atoms with Crippen molar-refractivity contribution in [3.8, 4) is 10.6 Å². The van der Waals surface area contributed by atoms with Crippen molar-refractivity contribution in [1.29, 1.82) is 0 Å². The number of aryl methyl sites for hydroxylation is 1. The molecule has 0 unspecified atom stereocenters. The Balaban J connectivity index is 2.52. The first-order valence-electron chi connectivity index (χ1n) is 3.68. The second kappa shape index (κ2) is 3.05. The van der Waals surface area contributed by atoms with Crippen molar-refractivity contribution < 1.29 is 0 Å². The highest BCUT2D eigenvalue weighted by Crippen LogP contribution is 2.28. The molecule has 0 aliphatic rings. The predicted octanol–water partition coefficient (Wildman–Crippen LogP) is 2.10. The third kappa shape index (κ3) is 1.55. The summed E-state index contributed by atoms with van der Waals surface area (Å²) in [6, 6.07) is 5.26. The van der Waals surface area contributed by atoms with Gasteiger partial charge in [0.05, 0.1) is 14.9 Å². The van der Waals surface area contributed by atoms with Gasteiger partial charge in [0.15, 0.2) is 0 Å². The van der Waals surface area contributed by atoms with Gasteiger partial charge in [0.2, 0.25) is 0 Å². The second-order valence-electron chi connectivity index (χ2n) is 2.67. The number of nitrogens with zero attached hydrogens (tertiary/aromatic N) is 1. The zero-order valence-electron chi connectivity index (χ0n) is 6.87. The Morgan fingerprint density at radius 1 is 1.54 bits per heavy atom. The molecule has 68 valence electrons. The predicted molar refractivity (Wildman–Crippen MR) is 54.4 cm³/mol. The van der Waals surface area contributed by atoms with Gasteiger partial charge in [-0.25, -0.2) is 0 Å². The zero-order chi connectivity index (χ0) is 9.42. The molecule has 1 N–H and O–H groups in total. The summed E-state index contributed by atoms with van der Waals surface area (Å²) in [6.07, 6.45) is 0. The van der Waals surface area contributed by atoms with E-state index in [0.29, 0.717) is 0 Å². The molecule has 3 nitrogen and oxygen atoms in total. The number of hydrogen-bond acceptors (Lipinski definition) is 2. The third-order valence-corrected chi connectivity index (χ3v) is 2.99. The molecule has 0 aromatic carbocycles. The molecule has 2 rings (SSSR count). The van der Waals surface area contributed by atoms with Gasteiger partial charge in [-0.2, -0.15) is 0 Å². The Morgan fingerprint density at radius 3 is 2.77 bits per heavy atom. The first-order chi connectivity index (χ1) is 6.16. The van der Waals surface area contributed by atoms with Crippen molar-refractivity contribution in [2.24, 2.45) is 7.05 Å². The maximum absolute atomic E-state index is 11.1. The van der Waals surface area contributed by atoms with Crippen molar-refractivity contribution in [2.75, 3.05) is 0 Å². The zero-order valence-corrected chi connectivity index (χ0v) is 8.45. The highest BCUT2D eigenvalue weighted by atomic mass is 35.5. The molecule has 2 aromatic heterocycles. The van der Waals surface area contributed by atoms with E-state index < -0.39 is 0 Å². The van der Waals surface area contributed by atoms with Crippen molar-refractivity contribution in [2.45, 2.75) is 0 Å². The van der Waals surface area contributed by atoms with E-state index in [0.717, 1.165) is 14.9 Å². The number of aromatic amines is 1. The van der Waals surface area contributed by atoms with Crippen LogP contribution in [0.3, 0.4) is 0 Å². The standard InChI is InChI=1S/C8H7ClN2OS/c1-11-8(12)4-5(10-11)6-2-3-7(9)13-6/h2-4,10H,1H3. The minimum atomic E-state index is -0.0421. The minimum absolute atomic E-state index is 0.0421. The molecule has 5 heteroatoms. The number of hydrogen-bond donors (Lipinski definition) is 1. The van der Waals surface area contributed by atoms with Crippen LogP contribution in [0.1, 0.15) is 0 Å². The molecule has 2 aromatic rings. The Kier molecular flexibility index (Phi) is 2.01. The summed E-state index contributed by atoms with van der Waals surface area (Å²) in [7, 11) is 1.68. The molecule has 0 spiro atoms. The largest absolute Gasteiger partial charge is 0.294 e. The number of halogens is 1. The van der Waals surface area contributed by atoms with E-state index in [1.807, 2.05) is 12.1 Å². The van der Waals surface area contributed by atoms with Gasteiger partial charge in [-0.3, -0.25) is 14.6 Å². The van der Waals surface area contributed by atoms with Gasteiger partial charge >= 0.3 is 0 Å². The number of aromatic nitrogens is 2. The van der Waals surface area contributed by atoms with Crippen LogP contribution in [-0.2, 0) is 7.05 Å². The summed E-state index contributed by atoms with van der Waals surface area (Å²) in [4.78, 5) is 12.1. The summed E-state index contributed by atoms with van der Waals surface area (Å²) in [5.41, 5.74) is 0.768. The van der Waals surface area contributed by atoms with E-state index in [9.17, 15) is 4.79 Å². The van der Waals surface area contributed by atoms with Crippen LogP contribution in [0.15, 0.2) is 23.0 Å². The lowest BCUT2D eigenvalue weighted by Crippen LogP contribution is -2.09. The summed E-state index contributed by atoms with van der Waals surface area (Å²) >= 11 is 7.22. The smallest absolute Gasteiger partial charge is 0.266 e. The fourth-order valence-electron chi connectivity index (χ4n) is 1.07. The minimum Gasteiger partial charge on any atom is -0.294 e. The molecule has 0 aliphatic carbocycles. The highest BCUT2D eigenvalue weighted by Gasteiger charge is 2.04. The average Bonchev–Trinajstić information content (AvgIpc) is 2.61. The van der Waals surface area contributed by atoms with Crippen LogP contribution >= 0.6 is 22.9 Å². The van der Waals surface area contributed by atoms with Crippen LogP contribution in [-0.4, -0.2) is 9.78 Å². The van der Waals surface area contributed by atoms with Crippen molar-refractivity contribution in [3.63, 3.8) is 0 Å². The van der Waals surface area contributed by atoms with Gasteiger partial charge in [0.1, 0.15) is 0 Å². The summed E-state index contributed by atoms with van der Waals surface area (Å²) in [6.45, 7) is 0. The van der Waals surface area contributed by atoms with Crippen molar-refractivity contribution in [1.82, 2.24) is 9.78 Å². The Labute approximate surface area is 83.6 Å². The van der Waals surface area contributed by atoms with Gasteiger partial charge in [-0.1, -0.05) is 11.6 Å². The van der Waals surface area contributed by atoms with Crippen LogP contribution in [0.2, 0.25) is 4.34 Å². The lowest BCUT2D eigenvalue weighted by molar-refractivity contribution is 0.743. The summed E-state index contributed by atoms with van der Waals surface area (Å²) in [5.74, 6) is 0. The molecule has 0 fully saturated rings. The number of rotatable bonds is 1. The molecule has 0 saturated heterocycles. The van der Waals surface area contributed by atoms with Gasteiger partial charge in [0, 0.05) is 13.1 Å². The van der Waals surface area contributed by atoms with Gasteiger partial charge in [-0.05, 0) is 12.1 Å². The normalized spacial score (nSPS) is 10.6. The maximum atomic E-state index is 11.1. The average molecular weight is 215 g/mol. The van der Waals surface area contributed by atoms with Crippen LogP contribution < -0.4 is 5.56 Å². The number of H-pyrrole nitrogens is 1. The molecule has 0 bridgehead atoms. The molecule has 0 radical (unpaired) electrons. The Bertz CT molecular complexity index is 482. The molecular weight excluding hydrogens is 208 g/mol. The molecule has 13 heavy (non-hydrogen) atoms. The van der Waals surface area contributed by atoms with E-state index >= 15 is 0 Å². The Morgan fingerprint density at radius 2 is 2.31 bits per heavy atom. The lowest BCUT2D eigenvalue weighted by atomic mass is 10.3. The quantitative estimate of drug-likeness (QED) is 0.776. The van der Waals surface area contributed by atoms with Crippen LogP contribution in [0.5, 0.6) is 0 Å². The fraction of sp³-hybridized carbons (Fsp3) is 0.125. The number of nitrogens with one attached hydrogen (secondary N) is 1. The van der Waals surface area contributed by atoms with E-state index in [-0.39, 0.29) is 5.56 Å². The molecule has 2 heterocycles. The van der Waals surface area contributed by atoms with E-state index in [1.54, 1.807) is 13.1 Å². The second-order valence-corrected chi connectivity index (χ2v) is 4.39. The first kappa shape index (κ1) is 8.59. The molecule has 0 aliphatic heterocycles. The lowest BCUT2D eigenvalue weighted by Gasteiger charge is -1.89. The maximum Gasteiger partial charge on any atom is 0.266 e. The Hall–Kier alpha value is -1.00. The monoisotopic (exact) mass is 214 g/mol. The van der Waals surface area contributed by atoms with Gasteiger partial charge in [-0.15, -0.1) is 11.3 Å². The van der Waals surface area contributed by atoms with Gasteiger partial charge in [0.25, 0.3) is 5.56 Å². The molecule has 0 atom stereocenters. The molecule has 0 amide bonds. The van der Waals surface area contributed by atoms with E-state index in [4.69, 9.17) is 11.6 Å². The summed E-state index contributed by atoms with van der Waals surface area (Å²) in [5, 5.41) is 2.93. The highest BCUT2D eigenvalue weighted by molar-refractivity contribution is 7.19.